The highest BCUT2D eigenvalue weighted by Crippen LogP contribution is 2.31. The van der Waals surface area contributed by atoms with Crippen molar-refractivity contribution in [3.8, 4) is 0 Å². The Balaban J connectivity index is 1.91. The van der Waals surface area contributed by atoms with E-state index in [9.17, 15) is 14.7 Å². The van der Waals surface area contributed by atoms with Gasteiger partial charge in [-0.1, -0.05) is 13.8 Å². The van der Waals surface area contributed by atoms with E-state index >= 15 is 0 Å². The van der Waals surface area contributed by atoms with Crippen molar-refractivity contribution in [2.45, 2.75) is 39.5 Å². The smallest absolute Gasteiger partial charge is 0.317 e. The number of hydrogen-bond acceptors (Lipinski definition) is 3. The first kappa shape index (κ1) is 16.1. The second-order valence-corrected chi connectivity index (χ2v) is 7.05. The van der Waals surface area contributed by atoms with Crippen molar-refractivity contribution in [2.75, 3.05) is 32.8 Å². The zero-order valence-corrected chi connectivity index (χ0v) is 13.0. The average Bonchev–Trinajstić information content (AvgIpc) is 2.44. The molecule has 2 rings (SSSR count). The van der Waals surface area contributed by atoms with E-state index in [1.165, 1.54) is 0 Å². The highest BCUT2D eigenvalue weighted by Gasteiger charge is 2.41. The molecule has 0 radical (unpaired) electrons. The zero-order chi connectivity index (χ0) is 15.5. The lowest BCUT2D eigenvalue weighted by atomic mass is 9.80. The fraction of sp³-hybridized carbons (Fsp3) is 0.867. The van der Waals surface area contributed by atoms with Crippen LogP contribution in [0.4, 0.5) is 4.79 Å². The maximum Gasteiger partial charge on any atom is 0.317 e. The Morgan fingerprint density at radius 3 is 2.48 bits per heavy atom. The third-order valence-corrected chi connectivity index (χ3v) is 4.67. The number of piperidine rings is 1. The summed E-state index contributed by atoms with van der Waals surface area (Å²) in [6.45, 7) is 6.85. The molecule has 0 aromatic carbocycles. The summed E-state index contributed by atoms with van der Waals surface area (Å²) in [4.78, 5) is 25.6. The molecule has 0 atom stereocenters. The van der Waals surface area contributed by atoms with Gasteiger partial charge in [0.2, 0.25) is 0 Å². The van der Waals surface area contributed by atoms with Gasteiger partial charge in [0.05, 0.1) is 5.41 Å². The van der Waals surface area contributed by atoms with E-state index < -0.39 is 11.4 Å². The van der Waals surface area contributed by atoms with Crippen LogP contribution in [0.1, 0.15) is 39.5 Å². The largest absolute Gasteiger partial charge is 0.481 e. The molecule has 0 aliphatic carbocycles. The molecule has 2 aliphatic heterocycles. The first-order valence-electron chi connectivity index (χ1n) is 7.69. The first-order valence-corrected chi connectivity index (χ1v) is 7.69. The van der Waals surface area contributed by atoms with Crippen molar-refractivity contribution in [1.29, 1.82) is 0 Å². The van der Waals surface area contributed by atoms with Gasteiger partial charge in [0.15, 0.2) is 0 Å². The molecule has 21 heavy (non-hydrogen) atoms. The van der Waals surface area contributed by atoms with Crippen molar-refractivity contribution in [3.63, 3.8) is 0 Å². The summed E-state index contributed by atoms with van der Waals surface area (Å²) < 4.78 is 5.24. The summed E-state index contributed by atoms with van der Waals surface area (Å²) >= 11 is 0. The van der Waals surface area contributed by atoms with Gasteiger partial charge in [-0.15, -0.1) is 0 Å². The van der Waals surface area contributed by atoms with Crippen molar-refractivity contribution in [3.05, 3.63) is 0 Å². The molecule has 2 saturated heterocycles. The summed E-state index contributed by atoms with van der Waals surface area (Å²) in [5.74, 6) is -0.843. The minimum Gasteiger partial charge on any atom is -0.481 e. The van der Waals surface area contributed by atoms with Crippen LogP contribution in [0.15, 0.2) is 0 Å². The van der Waals surface area contributed by atoms with Crippen molar-refractivity contribution >= 4 is 12.0 Å². The molecule has 0 spiro atoms. The Morgan fingerprint density at radius 1 is 1.24 bits per heavy atom. The molecule has 2 heterocycles. The lowest BCUT2D eigenvalue weighted by Crippen LogP contribution is -2.52. The first-order chi connectivity index (χ1) is 9.85. The highest BCUT2D eigenvalue weighted by molar-refractivity contribution is 5.78. The molecule has 6 nitrogen and oxygen atoms in total. The predicted molar refractivity (Wildman–Crippen MR) is 78.1 cm³/mol. The number of urea groups is 1. The van der Waals surface area contributed by atoms with Gasteiger partial charge in [-0.05, 0) is 31.1 Å². The number of carboxylic acid groups (broad SMARTS) is 1. The quantitative estimate of drug-likeness (QED) is 0.831. The Bertz CT molecular complexity index is 402. The number of aliphatic carboxylic acids is 1. The van der Waals surface area contributed by atoms with E-state index in [0.29, 0.717) is 26.1 Å². The fourth-order valence-electron chi connectivity index (χ4n) is 3.18. The Kier molecular flexibility index (Phi) is 4.76. The van der Waals surface area contributed by atoms with Crippen LogP contribution in [0.5, 0.6) is 0 Å². The maximum absolute atomic E-state index is 12.3. The van der Waals surface area contributed by atoms with Crippen LogP contribution in [0.3, 0.4) is 0 Å². The molecule has 2 fully saturated rings. The van der Waals surface area contributed by atoms with E-state index in [2.05, 4.69) is 19.2 Å². The molecule has 6 heteroatoms. The molecular weight excluding hydrogens is 272 g/mol. The van der Waals surface area contributed by atoms with Gasteiger partial charge in [0, 0.05) is 32.8 Å². The summed E-state index contributed by atoms with van der Waals surface area (Å²) in [5, 5.41) is 12.3. The number of hydrogen-bond donors (Lipinski definition) is 2. The van der Waals surface area contributed by atoms with Gasteiger partial charge in [0.25, 0.3) is 0 Å². The number of carboxylic acids is 1. The zero-order valence-electron chi connectivity index (χ0n) is 13.0. The molecular formula is C15H26N2O4. The van der Waals surface area contributed by atoms with Crippen LogP contribution in [0, 0.1) is 10.8 Å². The normalized spacial score (nSPS) is 24.4. The Hall–Kier alpha value is -1.30. The summed E-state index contributed by atoms with van der Waals surface area (Å²) in [5.41, 5.74) is -0.738. The van der Waals surface area contributed by atoms with Crippen LogP contribution in [-0.2, 0) is 9.53 Å². The number of nitrogens with one attached hydrogen (secondary N) is 1. The van der Waals surface area contributed by atoms with E-state index in [0.717, 1.165) is 25.9 Å². The molecule has 0 aromatic rings. The van der Waals surface area contributed by atoms with E-state index in [-0.39, 0.29) is 18.0 Å². The minimum atomic E-state index is -0.876. The van der Waals surface area contributed by atoms with Crippen LogP contribution in [-0.4, -0.2) is 54.9 Å². The molecule has 2 aliphatic rings. The van der Waals surface area contributed by atoms with Gasteiger partial charge in [0.1, 0.15) is 0 Å². The number of ether oxygens (including phenoxy) is 1. The number of amides is 2. The number of carbonyl (C=O) groups excluding carboxylic acids is 1. The number of carbonyl (C=O) groups is 2. The topological polar surface area (TPSA) is 78.9 Å². The highest BCUT2D eigenvalue weighted by atomic mass is 16.5. The molecule has 120 valence electrons. The van der Waals surface area contributed by atoms with Crippen molar-refractivity contribution < 1.29 is 19.4 Å². The lowest BCUT2D eigenvalue weighted by molar-refractivity contribution is -0.154. The van der Waals surface area contributed by atoms with Crippen LogP contribution in [0.25, 0.3) is 0 Å². The summed E-state index contributed by atoms with van der Waals surface area (Å²) in [6.07, 6.45) is 3.02. The molecule has 2 amide bonds. The van der Waals surface area contributed by atoms with E-state index in [1.807, 2.05) is 0 Å². The second-order valence-electron chi connectivity index (χ2n) is 7.05. The Labute approximate surface area is 125 Å². The predicted octanol–water partition coefficient (Wildman–Crippen LogP) is 1.70. The van der Waals surface area contributed by atoms with Gasteiger partial charge in [-0.25, -0.2) is 4.79 Å². The van der Waals surface area contributed by atoms with Crippen LogP contribution in [0.2, 0.25) is 0 Å². The number of nitrogens with zero attached hydrogens (tertiary/aromatic N) is 1. The minimum absolute atomic E-state index is 0.138. The number of likely N-dealkylation sites (tertiary alicyclic amines) is 1. The van der Waals surface area contributed by atoms with Gasteiger partial charge < -0.3 is 20.1 Å². The number of rotatable bonds is 3. The Morgan fingerprint density at radius 2 is 1.90 bits per heavy atom. The second kappa shape index (κ2) is 6.22. The fourth-order valence-corrected chi connectivity index (χ4v) is 3.18. The lowest BCUT2D eigenvalue weighted by Gasteiger charge is -2.39. The van der Waals surface area contributed by atoms with Gasteiger partial charge >= 0.3 is 12.0 Å². The molecule has 0 saturated carbocycles. The van der Waals surface area contributed by atoms with E-state index in [4.69, 9.17) is 4.74 Å². The van der Waals surface area contributed by atoms with Crippen LogP contribution >= 0.6 is 0 Å². The average molecular weight is 298 g/mol. The standard InChI is InChI=1S/C15H26N2O4/c1-14(2)4-3-7-17(11-14)13(20)16-10-15(12(18)19)5-8-21-9-6-15/h3-11H2,1-2H3,(H,16,20)(H,18,19). The maximum atomic E-state index is 12.3. The third-order valence-electron chi connectivity index (χ3n) is 4.67. The third kappa shape index (κ3) is 3.87. The van der Waals surface area contributed by atoms with Gasteiger partial charge in [-0.3, -0.25) is 4.79 Å². The summed E-state index contributed by atoms with van der Waals surface area (Å²) in [7, 11) is 0. The SMILES string of the molecule is CC1(C)CCCN(C(=O)NCC2(C(=O)O)CCOCC2)C1. The molecule has 0 unspecified atom stereocenters. The molecule has 0 bridgehead atoms. The van der Waals surface area contributed by atoms with Crippen LogP contribution < -0.4 is 5.32 Å². The van der Waals surface area contributed by atoms with Gasteiger partial charge in [-0.2, -0.15) is 0 Å². The molecule has 0 aromatic heterocycles. The van der Waals surface area contributed by atoms with E-state index in [1.54, 1.807) is 4.90 Å². The van der Waals surface area contributed by atoms with Crippen molar-refractivity contribution in [2.24, 2.45) is 10.8 Å². The van der Waals surface area contributed by atoms with Crippen molar-refractivity contribution in [1.82, 2.24) is 10.2 Å². The summed E-state index contributed by atoms with van der Waals surface area (Å²) in [6, 6.07) is -0.144. The molecule has 2 N–H and O–H groups in total. The monoisotopic (exact) mass is 298 g/mol.